The van der Waals surface area contributed by atoms with Crippen molar-refractivity contribution in [1.29, 1.82) is 0 Å². The molecule has 2 aliphatic carbocycles. The Labute approximate surface area is 144 Å². The van der Waals surface area contributed by atoms with Gasteiger partial charge in [-0.3, -0.25) is 4.79 Å². The molecule has 0 aromatic heterocycles. The maximum Gasteiger partial charge on any atom is 0.223 e. The number of hydrogen-bond donors (Lipinski definition) is 0. The van der Waals surface area contributed by atoms with E-state index in [1.54, 1.807) is 0 Å². The van der Waals surface area contributed by atoms with Crippen LogP contribution in [0.2, 0.25) is 0 Å². The van der Waals surface area contributed by atoms with E-state index in [1.807, 2.05) is 6.92 Å². The van der Waals surface area contributed by atoms with Crippen molar-refractivity contribution in [2.75, 3.05) is 19.8 Å². The molecule has 4 heteroatoms. The Morgan fingerprint density at radius 3 is 2.71 bits per heavy atom. The lowest BCUT2D eigenvalue weighted by atomic mass is 10.00. The van der Waals surface area contributed by atoms with Gasteiger partial charge in [-0.25, -0.2) is 0 Å². The second-order valence-corrected chi connectivity index (χ2v) is 7.31. The first-order valence-corrected chi connectivity index (χ1v) is 9.35. The lowest BCUT2D eigenvalue weighted by Crippen LogP contribution is -2.54. The molecule has 4 nitrogen and oxygen atoms in total. The van der Waals surface area contributed by atoms with Gasteiger partial charge < -0.3 is 14.4 Å². The Balaban J connectivity index is 1.38. The third-order valence-corrected chi connectivity index (χ3v) is 5.84. The first kappa shape index (κ1) is 16.1. The smallest absolute Gasteiger partial charge is 0.223 e. The monoisotopic (exact) mass is 329 g/mol. The van der Waals surface area contributed by atoms with Crippen molar-refractivity contribution in [3.8, 4) is 0 Å². The summed E-state index contributed by atoms with van der Waals surface area (Å²) in [6.45, 7) is 4.11. The highest BCUT2D eigenvalue weighted by Gasteiger charge is 2.45. The molecule has 0 unspecified atom stereocenters. The van der Waals surface area contributed by atoms with Gasteiger partial charge in [0.2, 0.25) is 5.91 Å². The minimum Gasteiger partial charge on any atom is -0.376 e. The molecule has 1 aromatic rings. The molecule has 130 valence electrons. The van der Waals surface area contributed by atoms with Crippen molar-refractivity contribution in [3.63, 3.8) is 0 Å². The molecule has 1 saturated carbocycles. The summed E-state index contributed by atoms with van der Waals surface area (Å²) in [4.78, 5) is 15.0. The number of hydrogen-bond acceptors (Lipinski definition) is 3. The number of ether oxygens (including phenoxy) is 2. The van der Waals surface area contributed by atoms with Gasteiger partial charge in [-0.1, -0.05) is 24.3 Å². The van der Waals surface area contributed by atoms with Crippen LogP contribution in [0, 0.1) is 5.92 Å². The molecule has 0 bridgehead atoms. The van der Waals surface area contributed by atoms with Crippen LogP contribution in [0.1, 0.15) is 37.3 Å². The molecule has 0 spiro atoms. The number of nitrogens with zero attached hydrogens (tertiary/aromatic N) is 1. The second kappa shape index (κ2) is 6.85. The summed E-state index contributed by atoms with van der Waals surface area (Å²) in [5.41, 5.74) is 2.85. The fourth-order valence-corrected chi connectivity index (χ4v) is 4.78. The molecule has 0 N–H and O–H groups in total. The van der Waals surface area contributed by atoms with E-state index in [0.717, 1.165) is 32.2 Å². The maximum atomic E-state index is 12.9. The normalized spacial score (nSPS) is 29.5. The highest BCUT2D eigenvalue weighted by atomic mass is 16.5. The van der Waals surface area contributed by atoms with E-state index < -0.39 is 0 Å². The van der Waals surface area contributed by atoms with Crippen molar-refractivity contribution in [1.82, 2.24) is 4.90 Å². The Hall–Kier alpha value is -1.39. The first-order valence-electron chi connectivity index (χ1n) is 9.35. The molecule has 1 amide bonds. The molecule has 4 rings (SSSR count). The SMILES string of the molecule is CCO[C@@H]1CC[C@@H]2[C@@H]1OCCN2C(=O)CC1Cc2ccccc2C1. The Bertz CT molecular complexity index is 577. The van der Waals surface area contributed by atoms with E-state index in [2.05, 4.69) is 29.2 Å². The van der Waals surface area contributed by atoms with Gasteiger partial charge in [0, 0.05) is 19.6 Å². The molecule has 24 heavy (non-hydrogen) atoms. The Morgan fingerprint density at radius 2 is 2.00 bits per heavy atom. The van der Waals surface area contributed by atoms with E-state index in [0.29, 0.717) is 31.5 Å². The van der Waals surface area contributed by atoms with Crippen LogP contribution < -0.4 is 0 Å². The Kier molecular flexibility index (Phi) is 4.59. The number of fused-ring (bicyclic) bond motifs is 2. The van der Waals surface area contributed by atoms with Gasteiger partial charge in [0.1, 0.15) is 6.10 Å². The number of rotatable bonds is 4. The molecule has 2 fully saturated rings. The van der Waals surface area contributed by atoms with E-state index in [-0.39, 0.29) is 18.2 Å². The minimum absolute atomic E-state index is 0.0726. The summed E-state index contributed by atoms with van der Waals surface area (Å²) >= 11 is 0. The van der Waals surface area contributed by atoms with Gasteiger partial charge in [-0.15, -0.1) is 0 Å². The zero-order valence-electron chi connectivity index (χ0n) is 14.4. The van der Waals surface area contributed by atoms with Gasteiger partial charge in [-0.2, -0.15) is 0 Å². The predicted octanol–water partition coefficient (Wildman–Crippen LogP) is 2.59. The van der Waals surface area contributed by atoms with Crippen LogP contribution in [0.5, 0.6) is 0 Å². The predicted molar refractivity (Wildman–Crippen MR) is 91.8 cm³/mol. The first-order chi connectivity index (χ1) is 11.8. The number of morpholine rings is 1. The van der Waals surface area contributed by atoms with Crippen LogP contribution in [-0.4, -0.2) is 48.8 Å². The van der Waals surface area contributed by atoms with Gasteiger partial charge in [0.25, 0.3) is 0 Å². The highest BCUT2D eigenvalue weighted by Crippen LogP contribution is 2.34. The van der Waals surface area contributed by atoms with Crippen molar-refractivity contribution < 1.29 is 14.3 Å². The standard InChI is InChI=1S/C20H27NO3/c1-2-23-18-8-7-17-20(18)24-10-9-21(17)19(22)13-14-11-15-5-3-4-6-16(15)12-14/h3-6,14,17-18,20H,2,7-13H2,1H3/t17-,18-,20+/m1/s1. The number of amides is 1. The Morgan fingerprint density at radius 1 is 1.25 bits per heavy atom. The molecule has 1 saturated heterocycles. The second-order valence-electron chi connectivity index (χ2n) is 7.31. The number of carbonyl (C=O) groups is 1. The van der Waals surface area contributed by atoms with Crippen LogP contribution in [0.15, 0.2) is 24.3 Å². The summed E-state index contributed by atoms with van der Waals surface area (Å²) in [6, 6.07) is 8.82. The molecule has 0 radical (unpaired) electrons. The average Bonchev–Trinajstić information content (AvgIpc) is 3.18. The molecular formula is C20H27NO3. The summed E-state index contributed by atoms with van der Waals surface area (Å²) < 4.78 is 11.8. The molecule has 1 heterocycles. The average molecular weight is 329 g/mol. The van der Waals surface area contributed by atoms with Crippen LogP contribution in [-0.2, 0) is 27.1 Å². The minimum atomic E-state index is 0.0726. The van der Waals surface area contributed by atoms with Gasteiger partial charge in [-0.05, 0) is 49.7 Å². The number of benzene rings is 1. The van der Waals surface area contributed by atoms with Crippen LogP contribution >= 0.6 is 0 Å². The van der Waals surface area contributed by atoms with Crippen molar-refractivity contribution in [2.24, 2.45) is 5.92 Å². The highest BCUT2D eigenvalue weighted by molar-refractivity contribution is 5.77. The van der Waals surface area contributed by atoms with Crippen molar-refractivity contribution in [3.05, 3.63) is 35.4 Å². The van der Waals surface area contributed by atoms with Crippen molar-refractivity contribution in [2.45, 2.75) is 57.3 Å². The summed E-state index contributed by atoms with van der Waals surface area (Å²) in [6.07, 6.45) is 4.99. The summed E-state index contributed by atoms with van der Waals surface area (Å²) in [5.74, 6) is 0.767. The fraction of sp³-hybridized carbons (Fsp3) is 0.650. The van der Waals surface area contributed by atoms with Crippen LogP contribution in [0.4, 0.5) is 0 Å². The fourth-order valence-electron chi connectivity index (χ4n) is 4.78. The maximum absolute atomic E-state index is 12.9. The van der Waals surface area contributed by atoms with Gasteiger partial charge in [0.05, 0.1) is 18.8 Å². The zero-order valence-corrected chi connectivity index (χ0v) is 14.4. The van der Waals surface area contributed by atoms with E-state index in [1.165, 1.54) is 11.1 Å². The third-order valence-electron chi connectivity index (χ3n) is 5.84. The third kappa shape index (κ3) is 2.98. The molecule has 3 aliphatic rings. The van der Waals surface area contributed by atoms with E-state index >= 15 is 0 Å². The van der Waals surface area contributed by atoms with Crippen molar-refractivity contribution >= 4 is 5.91 Å². The molecule has 1 aliphatic heterocycles. The molecular weight excluding hydrogens is 302 g/mol. The molecule has 3 atom stereocenters. The van der Waals surface area contributed by atoms with E-state index in [9.17, 15) is 4.79 Å². The summed E-state index contributed by atoms with van der Waals surface area (Å²) in [5, 5.41) is 0. The topological polar surface area (TPSA) is 38.8 Å². The number of carbonyl (C=O) groups excluding carboxylic acids is 1. The largest absolute Gasteiger partial charge is 0.376 e. The van der Waals surface area contributed by atoms with Gasteiger partial charge in [0.15, 0.2) is 0 Å². The zero-order chi connectivity index (χ0) is 16.5. The van der Waals surface area contributed by atoms with Crippen LogP contribution in [0.25, 0.3) is 0 Å². The van der Waals surface area contributed by atoms with E-state index in [4.69, 9.17) is 9.47 Å². The molecule has 1 aromatic carbocycles. The summed E-state index contributed by atoms with van der Waals surface area (Å²) in [7, 11) is 0. The lowest BCUT2D eigenvalue weighted by Gasteiger charge is -2.39. The van der Waals surface area contributed by atoms with Crippen LogP contribution in [0.3, 0.4) is 0 Å². The van der Waals surface area contributed by atoms with Gasteiger partial charge >= 0.3 is 0 Å². The quantitative estimate of drug-likeness (QED) is 0.852. The lowest BCUT2D eigenvalue weighted by molar-refractivity contribution is -0.152.